The molecule has 0 aromatic heterocycles. The van der Waals surface area contributed by atoms with E-state index in [0.29, 0.717) is 12.3 Å². The van der Waals surface area contributed by atoms with Crippen LogP contribution in [-0.2, 0) is 9.59 Å². The number of rotatable bonds is 5. The Kier molecular flexibility index (Phi) is 5.37. The number of carboxylic acids is 1. The predicted octanol–water partition coefficient (Wildman–Crippen LogP) is 2.72. The molecule has 2 N–H and O–H groups in total. The topological polar surface area (TPSA) is 69.6 Å². The van der Waals surface area contributed by atoms with Crippen molar-refractivity contribution in [2.24, 2.45) is 5.92 Å². The molecule has 1 aromatic rings. The van der Waals surface area contributed by atoms with Crippen molar-refractivity contribution in [3.05, 3.63) is 35.6 Å². The van der Waals surface area contributed by atoms with Crippen LogP contribution < -0.4 is 5.32 Å². The van der Waals surface area contributed by atoms with Crippen molar-refractivity contribution in [2.45, 2.75) is 57.2 Å². The van der Waals surface area contributed by atoms with Gasteiger partial charge in [-0.25, -0.2) is 4.39 Å². The number of carbonyl (C=O) groups is 2. The fraction of sp³-hybridized carbons (Fsp3) is 0.579. The summed E-state index contributed by atoms with van der Waals surface area (Å²) in [5, 5.41) is 12.4. The second-order valence-corrected chi connectivity index (χ2v) is 7.21. The van der Waals surface area contributed by atoms with Crippen molar-refractivity contribution in [2.75, 3.05) is 6.54 Å². The van der Waals surface area contributed by atoms with E-state index in [2.05, 4.69) is 5.32 Å². The average Bonchev–Trinajstić information content (AvgIpc) is 2.94. The van der Waals surface area contributed by atoms with Crippen molar-refractivity contribution >= 4 is 11.9 Å². The number of nitrogens with zero attached hydrogens (tertiary/aromatic N) is 1. The standard InChI is InChI=1S/C19H25FN2O3/c1-12(13-6-8-15(20)9-7-13)21-18(23)11-22-16-5-3-2-4-14(16)10-17(22)19(24)25/h6-9,12,14,16-17H,2-5,10-11H2,1H3,(H,21,23)(H,24,25)/t12-,14-,16+,17-/m0/s1. The number of likely N-dealkylation sites (tertiary alicyclic amines) is 1. The van der Waals surface area contributed by atoms with Crippen LogP contribution in [0.1, 0.15) is 50.6 Å². The van der Waals surface area contributed by atoms with Crippen LogP contribution in [0, 0.1) is 11.7 Å². The van der Waals surface area contributed by atoms with Crippen molar-refractivity contribution in [1.82, 2.24) is 10.2 Å². The Morgan fingerprint density at radius 1 is 1.28 bits per heavy atom. The maximum absolute atomic E-state index is 13.0. The minimum absolute atomic E-state index is 0.101. The lowest BCUT2D eigenvalue weighted by Gasteiger charge is -2.32. The van der Waals surface area contributed by atoms with E-state index in [1.807, 2.05) is 11.8 Å². The Morgan fingerprint density at radius 2 is 1.96 bits per heavy atom. The van der Waals surface area contributed by atoms with Gasteiger partial charge in [0.15, 0.2) is 0 Å². The minimum atomic E-state index is -0.839. The molecule has 0 unspecified atom stereocenters. The lowest BCUT2D eigenvalue weighted by molar-refractivity contribution is -0.143. The Bertz CT molecular complexity index is 634. The Balaban J connectivity index is 1.64. The van der Waals surface area contributed by atoms with E-state index in [1.54, 1.807) is 12.1 Å². The van der Waals surface area contributed by atoms with Gasteiger partial charge in [-0.1, -0.05) is 25.0 Å². The van der Waals surface area contributed by atoms with Gasteiger partial charge in [0.25, 0.3) is 0 Å². The van der Waals surface area contributed by atoms with Gasteiger partial charge in [-0.3, -0.25) is 14.5 Å². The van der Waals surface area contributed by atoms with E-state index in [-0.39, 0.29) is 30.4 Å². The maximum atomic E-state index is 13.0. The SMILES string of the molecule is C[C@H](NC(=O)CN1[C@@H]2CCCC[C@H]2C[C@H]1C(=O)O)c1ccc(F)cc1. The Morgan fingerprint density at radius 3 is 2.64 bits per heavy atom. The number of hydrogen-bond acceptors (Lipinski definition) is 3. The van der Waals surface area contributed by atoms with Gasteiger partial charge in [0.2, 0.25) is 5.91 Å². The number of carboxylic acid groups (broad SMARTS) is 1. The summed E-state index contributed by atoms with van der Waals surface area (Å²) in [7, 11) is 0. The van der Waals surface area contributed by atoms with Gasteiger partial charge in [0, 0.05) is 6.04 Å². The largest absolute Gasteiger partial charge is 0.480 e. The van der Waals surface area contributed by atoms with Gasteiger partial charge in [-0.05, 0) is 49.8 Å². The summed E-state index contributed by atoms with van der Waals surface area (Å²) < 4.78 is 13.0. The molecule has 1 aliphatic carbocycles. The average molecular weight is 348 g/mol. The smallest absolute Gasteiger partial charge is 0.320 e. The van der Waals surface area contributed by atoms with E-state index < -0.39 is 12.0 Å². The van der Waals surface area contributed by atoms with Gasteiger partial charge in [-0.2, -0.15) is 0 Å². The molecule has 136 valence electrons. The van der Waals surface area contributed by atoms with Crippen LogP contribution in [0.4, 0.5) is 4.39 Å². The summed E-state index contributed by atoms with van der Waals surface area (Å²) in [6, 6.07) is 5.40. The first kappa shape index (κ1) is 17.9. The minimum Gasteiger partial charge on any atom is -0.480 e. The van der Waals surface area contributed by atoms with Crippen LogP contribution in [0.3, 0.4) is 0 Å². The normalized spacial score (nSPS) is 27.5. The molecular weight excluding hydrogens is 323 g/mol. The molecule has 5 nitrogen and oxygen atoms in total. The molecule has 4 atom stereocenters. The van der Waals surface area contributed by atoms with Crippen LogP contribution in [0.2, 0.25) is 0 Å². The van der Waals surface area contributed by atoms with Crippen LogP contribution in [-0.4, -0.2) is 40.5 Å². The number of fused-ring (bicyclic) bond motifs is 1. The maximum Gasteiger partial charge on any atom is 0.320 e. The molecule has 3 rings (SSSR count). The number of amides is 1. The van der Waals surface area contributed by atoms with Crippen molar-refractivity contribution in [1.29, 1.82) is 0 Å². The third-order valence-electron chi connectivity index (χ3n) is 5.58. The highest BCUT2D eigenvalue weighted by molar-refractivity contribution is 5.80. The molecule has 0 radical (unpaired) electrons. The van der Waals surface area contributed by atoms with E-state index in [1.165, 1.54) is 12.1 Å². The summed E-state index contributed by atoms with van der Waals surface area (Å²) in [6.07, 6.45) is 4.90. The molecule has 2 aliphatic rings. The van der Waals surface area contributed by atoms with E-state index >= 15 is 0 Å². The molecule has 1 heterocycles. The lowest BCUT2D eigenvalue weighted by atomic mass is 9.85. The van der Waals surface area contributed by atoms with Crippen LogP contribution in [0.25, 0.3) is 0 Å². The fourth-order valence-corrected chi connectivity index (χ4v) is 4.31. The Hall–Kier alpha value is -1.95. The highest BCUT2D eigenvalue weighted by atomic mass is 19.1. The molecule has 0 spiro atoms. The quantitative estimate of drug-likeness (QED) is 0.858. The van der Waals surface area contributed by atoms with E-state index in [4.69, 9.17) is 0 Å². The zero-order chi connectivity index (χ0) is 18.0. The molecule has 0 bridgehead atoms. The first-order valence-corrected chi connectivity index (χ1v) is 8.99. The number of hydrogen-bond donors (Lipinski definition) is 2. The zero-order valence-electron chi connectivity index (χ0n) is 14.5. The van der Waals surface area contributed by atoms with Crippen LogP contribution in [0.15, 0.2) is 24.3 Å². The number of benzene rings is 1. The van der Waals surface area contributed by atoms with Gasteiger partial charge < -0.3 is 10.4 Å². The summed E-state index contributed by atoms with van der Waals surface area (Å²) >= 11 is 0. The predicted molar refractivity (Wildman–Crippen MR) is 91.5 cm³/mol. The summed E-state index contributed by atoms with van der Waals surface area (Å²) in [5.74, 6) is -0.952. The van der Waals surface area contributed by atoms with E-state index in [0.717, 1.165) is 31.2 Å². The van der Waals surface area contributed by atoms with Gasteiger partial charge in [0.05, 0.1) is 12.6 Å². The van der Waals surface area contributed by atoms with Gasteiger partial charge >= 0.3 is 5.97 Å². The molecule has 1 amide bonds. The highest BCUT2D eigenvalue weighted by Gasteiger charge is 2.45. The molecule has 1 aliphatic heterocycles. The molecule has 1 aromatic carbocycles. The first-order valence-electron chi connectivity index (χ1n) is 8.99. The first-order chi connectivity index (χ1) is 12.0. The third kappa shape index (κ3) is 4.00. The van der Waals surface area contributed by atoms with Crippen molar-refractivity contribution in [3.63, 3.8) is 0 Å². The second-order valence-electron chi connectivity index (χ2n) is 7.21. The fourth-order valence-electron chi connectivity index (χ4n) is 4.31. The zero-order valence-corrected chi connectivity index (χ0v) is 14.5. The van der Waals surface area contributed by atoms with Gasteiger partial charge in [-0.15, -0.1) is 0 Å². The molecule has 25 heavy (non-hydrogen) atoms. The monoisotopic (exact) mass is 348 g/mol. The molecular formula is C19H25FN2O3. The third-order valence-corrected chi connectivity index (χ3v) is 5.58. The highest BCUT2D eigenvalue weighted by Crippen LogP contribution is 2.39. The molecule has 1 saturated heterocycles. The summed E-state index contributed by atoms with van der Waals surface area (Å²) in [4.78, 5) is 26.0. The second kappa shape index (κ2) is 7.52. The summed E-state index contributed by atoms with van der Waals surface area (Å²) in [5.41, 5.74) is 0.821. The van der Waals surface area contributed by atoms with Crippen LogP contribution >= 0.6 is 0 Å². The number of nitrogens with one attached hydrogen (secondary N) is 1. The van der Waals surface area contributed by atoms with E-state index in [9.17, 15) is 19.1 Å². The van der Waals surface area contributed by atoms with Crippen molar-refractivity contribution in [3.8, 4) is 0 Å². The molecule has 2 fully saturated rings. The molecule has 6 heteroatoms. The number of carbonyl (C=O) groups excluding carboxylic acids is 1. The number of aliphatic carboxylic acids is 1. The van der Waals surface area contributed by atoms with Crippen molar-refractivity contribution < 1.29 is 19.1 Å². The molecule has 1 saturated carbocycles. The summed E-state index contributed by atoms with van der Waals surface area (Å²) in [6.45, 7) is 1.94. The number of halogens is 1. The van der Waals surface area contributed by atoms with Crippen LogP contribution in [0.5, 0.6) is 0 Å². The lowest BCUT2D eigenvalue weighted by Crippen LogP contribution is -2.47. The Labute approximate surface area is 147 Å². The van der Waals surface area contributed by atoms with Gasteiger partial charge in [0.1, 0.15) is 11.9 Å².